The second-order valence-corrected chi connectivity index (χ2v) is 8.53. The van der Waals surface area contributed by atoms with Crippen LogP contribution in [0.2, 0.25) is 0 Å². The number of fused-ring (bicyclic) bond motifs is 2. The summed E-state index contributed by atoms with van der Waals surface area (Å²) in [7, 11) is 3.89. The fraction of sp³-hybridized carbons (Fsp3) is 0.545. The number of hydrogen-bond donors (Lipinski definition) is 1. The number of nitrogens with one attached hydrogen (secondary N) is 1. The van der Waals surface area contributed by atoms with E-state index in [1.54, 1.807) is 7.11 Å². The average Bonchev–Trinajstić information content (AvgIpc) is 3.35. The molecule has 0 bridgehead atoms. The lowest BCUT2D eigenvalue weighted by Crippen LogP contribution is -2.33. The zero-order valence-electron chi connectivity index (χ0n) is 18.0. The summed E-state index contributed by atoms with van der Waals surface area (Å²) in [6.07, 6.45) is 2.83. The van der Waals surface area contributed by atoms with Gasteiger partial charge in [-0.25, -0.2) is 4.98 Å². The normalized spacial score (nSPS) is 25.1. The minimum Gasteiger partial charge on any atom is -0.497 e. The van der Waals surface area contributed by atoms with Crippen molar-refractivity contribution in [2.24, 2.45) is 11.8 Å². The molecular weight excluding hydrogens is 437 g/mol. The molecule has 5 rings (SSSR count). The predicted octanol–water partition coefficient (Wildman–Crippen LogP) is 2.26. The Morgan fingerprint density at radius 3 is 2.65 bits per heavy atom. The zero-order chi connectivity index (χ0) is 20.0. The molecule has 31 heavy (non-hydrogen) atoms. The van der Waals surface area contributed by atoms with E-state index in [1.807, 2.05) is 23.2 Å². The second-order valence-electron chi connectivity index (χ2n) is 8.53. The van der Waals surface area contributed by atoms with E-state index < -0.39 is 0 Å². The first kappa shape index (κ1) is 23.9. The van der Waals surface area contributed by atoms with Gasteiger partial charge in [0.1, 0.15) is 17.3 Å². The van der Waals surface area contributed by atoms with Crippen molar-refractivity contribution in [3.63, 3.8) is 0 Å². The van der Waals surface area contributed by atoms with Crippen LogP contribution in [0.1, 0.15) is 27.9 Å². The summed E-state index contributed by atoms with van der Waals surface area (Å²) >= 11 is 0. The highest BCUT2D eigenvalue weighted by Crippen LogP contribution is 2.44. The third-order valence-electron chi connectivity index (χ3n) is 6.77. The van der Waals surface area contributed by atoms with Crippen LogP contribution in [0, 0.1) is 11.8 Å². The molecule has 2 saturated heterocycles. The lowest BCUT2D eigenvalue weighted by Gasteiger charge is -2.26. The number of likely N-dealkylation sites (tertiary alicyclic amines) is 2. The molecule has 3 aliphatic rings. The van der Waals surface area contributed by atoms with Crippen molar-refractivity contribution in [2.75, 3.05) is 46.9 Å². The maximum atomic E-state index is 13.2. The fourth-order valence-electron chi connectivity index (χ4n) is 5.36. The number of rotatable bonds is 3. The second kappa shape index (κ2) is 9.77. The lowest BCUT2D eigenvalue weighted by atomic mass is 9.89. The van der Waals surface area contributed by atoms with Gasteiger partial charge in [-0.05, 0) is 30.7 Å². The quantitative estimate of drug-likeness (QED) is 0.749. The van der Waals surface area contributed by atoms with Crippen molar-refractivity contribution >= 4 is 30.7 Å². The molecule has 4 heterocycles. The molecule has 2 fully saturated rings. The monoisotopic (exact) mass is 467 g/mol. The van der Waals surface area contributed by atoms with E-state index in [-0.39, 0.29) is 30.7 Å². The number of methoxy groups -OCH3 is 1. The Balaban J connectivity index is 0.00000136. The van der Waals surface area contributed by atoms with E-state index in [1.165, 1.54) is 5.56 Å². The Morgan fingerprint density at radius 2 is 1.90 bits per heavy atom. The van der Waals surface area contributed by atoms with Crippen LogP contribution in [0.15, 0.2) is 30.5 Å². The Morgan fingerprint density at radius 1 is 1.13 bits per heavy atom. The summed E-state index contributed by atoms with van der Waals surface area (Å²) in [5.74, 6) is 2.96. The molecule has 0 radical (unpaired) electrons. The predicted molar refractivity (Wildman–Crippen MR) is 125 cm³/mol. The summed E-state index contributed by atoms with van der Waals surface area (Å²) < 4.78 is 7.44. The van der Waals surface area contributed by atoms with E-state index in [0.29, 0.717) is 23.6 Å². The molecule has 1 aromatic heterocycles. The molecule has 1 N–H and O–H groups in total. The van der Waals surface area contributed by atoms with Gasteiger partial charge in [-0.2, -0.15) is 0 Å². The van der Waals surface area contributed by atoms with Crippen LogP contribution in [0.5, 0.6) is 5.75 Å². The van der Waals surface area contributed by atoms with Crippen molar-refractivity contribution in [1.29, 1.82) is 0 Å². The van der Waals surface area contributed by atoms with Crippen LogP contribution in [-0.2, 0) is 13.0 Å². The molecule has 0 aliphatic carbocycles. The standard InChI is InChI=1S/C22H29N5O2.2ClH/c1-25-11-16-12-27(13-18(16)21(25)15-3-5-17(29-2)6-4-15)22(28)19-14-26-10-9-23-8-7-20(26)24-19;;/h3-6,14,16,18,21,23H,7-13H2,1-2H3;2*1H/t16-,18+,21-;;/m0../s1. The summed E-state index contributed by atoms with van der Waals surface area (Å²) in [6, 6.07) is 8.72. The third kappa shape index (κ3) is 4.42. The number of amides is 1. The van der Waals surface area contributed by atoms with Gasteiger partial charge in [0, 0.05) is 63.8 Å². The van der Waals surface area contributed by atoms with E-state index in [2.05, 4.69) is 38.9 Å². The van der Waals surface area contributed by atoms with Crippen LogP contribution < -0.4 is 10.1 Å². The molecule has 1 aromatic carbocycles. The first-order valence-corrected chi connectivity index (χ1v) is 10.5. The van der Waals surface area contributed by atoms with Crippen LogP contribution in [0.25, 0.3) is 0 Å². The number of halogens is 2. The van der Waals surface area contributed by atoms with Crippen LogP contribution >= 0.6 is 24.8 Å². The largest absolute Gasteiger partial charge is 0.497 e. The summed E-state index contributed by atoms with van der Waals surface area (Å²) in [5, 5.41) is 3.37. The Labute approximate surface area is 196 Å². The molecule has 2 aromatic rings. The first-order chi connectivity index (χ1) is 14.1. The van der Waals surface area contributed by atoms with E-state index in [4.69, 9.17) is 4.74 Å². The molecule has 170 valence electrons. The smallest absolute Gasteiger partial charge is 0.274 e. The van der Waals surface area contributed by atoms with Gasteiger partial charge in [0.25, 0.3) is 5.91 Å². The Hall–Kier alpha value is -1.80. The molecule has 1 amide bonds. The number of nitrogens with zero attached hydrogens (tertiary/aromatic N) is 4. The van der Waals surface area contributed by atoms with E-state index in [9.17, 15) is 4.79 Å². The SMILES string of the molecule is COc1ccc([C@H]2[C@@H]3CN(C(=O)c4cn5c(n4)CCNCC5)C[C@@H]3CN2C)cc1.Cl.Cl. The van der Waals surface area contributed by atoms with Gasteiger partial charge in [0.2, 0.25) is 0 Å². The van der Waals surface area contributed by atoms with Gasteiger partial charge in [0.05, 0.1) is 7.11 Å². The van der Waals surface area contributed by atoms with Crippen molar-refractivity contribution in [3.8, 4) is 5.75 Å². The number of ether oxygens (including phenoxy) is 1. The summed E-state index contributed by atoms with van der Waals surface area (Å²) in [4.78, 5) is 22.3. The minimum absolute atomic E-state index is 0. The number of aromatic nitrogens is 2. The summed E-state index contributed by atoms with van der Waals surface area (Å²) in [6.45, 7) is 5.38. The molecule has 3 atom stereocenters. The fourth-order valence-corrected chi connectivity index (χ4v) is 5.36. The minimum atomic E-state index is 0. The maximum Gasteiger partial charge on any atom is 0.274 e. The van der Waals surface area contributed by atoms with Crippen molar-refractivity contribution < 1.29 is 9.53 Å². The van der Waals surface area contributed by atoms with Crippen LogP contribution in [0.4, 0.5) is 0 Å². The topological polar surface area (TPSA) is 62.6 Å². The van der Waals surface area contributed by atoms with Crippen molar-refractivity contribution in [3.05, 3.63) is 47.5 Å². The van der Waals surface area contributed by atoms with Gasteiger partial charge in [-0.15, -0.1) is 24.8 Å². The number of carbonyl (C=O) groups excluding carboxylic acids is 1. The molecule has 7 nitrogen and oxygen atoms in total. The Bertz CT molecular complexity index is 880. The first-order valence-electron chi connectivity index (χ1n) is 10.5. The average molecular weight is 468 g/mol. The van der Waals surface area contributed by atoms with Gasteiger partial charge in [0.15, 0.2) is 0 Å². The highest BCUT2D eigenvalue weighted by Gasteiger charge is 2.47. The van der Waals surface area contributed by atoms with Gasteiger partial charge in [-0.1, -0.05) is 12.1 Å². The van der Waals surface area contributed by atoms with Crippen LogP contribution in [0.3, 0.4) is 0 Å². The molecule has 9 heteroatoms. The molecule has 3 aliphatic heterocycles. The van der Waals surface area contributed by atoms with E-state index in [0.717, 1.165) is 57.3 Å². The molecule has 0 saturated carbocycles. The van der Waals surface area contributed by atoms with Gasteiger partial charge >= 0.3 is 0 Å². The number of carbonyl (C=O) groups is 1. The van der Waals surface area contributed by atoms with Gasteiger partial charge < -0.3 is 19.5 Å². The Kier molecular flexibility index (Phi) is 7.52. The lowest BCUT2D eigenvalue weighted by molar-refractivity contribution is 0.0762. The molecule has 0 spiro atoms. The highest BCUT2D eigenvalue weighted by atomic mass is 35.5. The molecular formula is C22H31Cl2N5O2. The summed E-state index contributed by atoms with van der Waals surface area (Å²) in [5.41, 5.74) is 1.91. The molecule has 0 unspecified atom stereocenters. The number of benzene rings is 1. The highest BCUT2D eigenvalue weighted by molar-refractivity contribution is 5.92. The number of imidazole rings is 1. The number of hydrogen-bond acceptors (Lipinski definition) is 5. The van der Waals surface area contributed by atoms with E-state index >= 15 is 0 Å². The maximum absolute atomic E-state index is 13.2. The zero-order valence-corrected chi connectivity index (χ0v) is 19.6. The van der Waals surface area contributed by atoms with Crippen molar-refractivity contribution in [2.45, 2.75) is 19.0 Å². The third-order valence-corrected chi connectivity index (χ3v) is 6.77. The van der Waals surface area contributed by atoms with Crippen LogP contribution in [-0.4, -0.2) is 72.1 Å². The van der Waals surface area contributed by atoms with Gasteiger partial charge in [-0.3, -0.25) is 9.69 Å². The van der Waals surface area contributed by atoms with Crippen molar-refractivity contribution in [1.82, 2.24) is 24.7 Å².